The number of hydrogen-bond donors (Lipinski definition) is 0. The van der Waals surface area contributed by atoms with Crippen LogP contribution in [0.1, 0.15) is 5.76 Å². The number of rotatable bonds is 5. The quantitative estimate of drug-likeness (QED) is 0.821. The van der Waals surface area contributed by atoms with Crippen molar-refractivity contribution in [2.75, 3.05) is 46.8 Å². The fourth-order valence-corrected chi connectivity index (χ4v) is 3.00. The van der Waals surface area contributed by atoms with E-state index in [-0.39, 0.29) is 5.91 Å². The van der Waals surface area contributed by atoms with E-state index in [4.69, 9.17) is 16.0 Å². The summed E-state index contributed by atoms with van der Waals surface area (Å²) >= 11 is 5.91. The normalized spacial score (nSPS) is 16.1. The molecule has 2 aromatic rings. The number of hydrogen-bond acceptors (Lipinski definition) is 4. The molecule has 1 fully saturated rings. The molecule has 0 saturated carbocycles. The van der Waals surface area contributed by atoms with Crippen LogP contribution >= 0.6 is 11.6 Å². The zero-order valence-corrected chi connectivity index (χ0v) is 15.5. The van der Waals surface area contributed by atoms with Crippen LogP contribution in [-0.4, -0.2) is 67.4 Å². The van der Waals surface area contributed by atoms with Gasteiger partial charge in [-0.2, -0.15) is 0 Å². The van der Waals surface area contributed by atoms with E-state index in [2.05, 4.69) is 16.8 Å². The lowest BCUT2D eigenvalue weighted by Gasteiger charge is -2.32. The van der Waals surface area contributed by atoms with Crippen molar-refractivity contribution in [3.05, 3.63) is 47.2 Å². The first-order valence-electron chi connectivity index (χ1n) is 8.51. The van der Waals surface area contributed by atoms with Crippen LogP contribution in [0.5, 0.6) is 0 Å². The summed E-state index contributed by atoms with van der Waals surface area (Å²) in [4.78, 5) is 18.6. The fourth-order valence-electron chi connectivity index (χ4n) is 2.87. The van der Waals surface area contributed by atoms with Crippen LogP contribution < -0.4 is 0 Å². The molecular weight excluding hydrogens is 338 g/mol. The topological polar surface area (TPSA) is 39.9 Å². The van der Waals surface area contributed by atoms with Crippen LogP contribution in [0.2, 0.25) is 5.02 Å². The molecule has 134 valence electrons. The molecule has 0 N–H and O–H groups in total. The summed E-state index contributed by atoms with van der Waals surface area (Å²) in [6, 6.07) is 11.4. The Morgan fingerprint density at radius 1 is 1.12 bits per heavy atom. The van der Waals surface area contributed by atoms with Gasteiger partial charge in [0.25, 0.3) is 0 Å². The van der Waals surface area contributed by atoms with Crippen molar-refractivity contribution in [2.45, 2.75) is 6.54 Å². The van der Waals surface area contributed by atoms with Gasteiger partial charge in [0.15, 0.2) is 0 Å². The number of nitrogens with zero attached hydrogens (tertiary/aromatic N) is 3. The monoisotopic (exact) mass is 361 g/mol. The number of amides is 1. The Bertz CT molecular complexity index is 706. The van der Waals surface area contributed by atoms with Gasteiger partial charge in [0.2, 0.25) is 5.91 Å². The summed E-state index contributed by atoms with van der Waals surface area (Å²) < 4.78 is 5.88. The van der Waals surface area contributed by atoms with E-state index in [0.717, 1.165) is 43.3 Å². The molecule has 1 aliphatic rings. The lowest BCUT2D eigenvalue weighted by atomic mass is 10.2. The Morgan fingerprint density at radius 2 is 1.80 bits per heavy atom. The first-order valence-corrected chi connectivity index (χ1v) is 8.88. The summed E-state index contributed by atoms with van der Waals surface area (Å²) in [6.07, 6.45) is 0. The summed E-state index contributed by atoms with van der Waals surface area (Å²) in [5, 5.41) is 0.699. The van der Waals surface area contributed by atoms with Gasteiger partial charge in [-0.15, -0.1) is 0 Å². The van der Waals surface area contributed by atoms with E-state index in [1.54, 1.807) is 4.90 Å². The number of likely N-dealkylation sites (N-methyl/N-ethyl adjacent to an activating group) is 2. The second kappa shape index (κ2) is 8.04. The number of benzene rings is 1. The van der Waals surface area contributed by atoms with Gasteiger partial charge in [-0.05, 0) is 43.4 Å². The average Bonchev–Trinajstić information content (AvgIpc) is 3.06. The van der Waals surface area contributed by atoms with Crippen molar-refractivity contribution in [3.8, 4) is 11.3 Å². The first-order chi connectivity index (χ1) is 12.0. The molecule has 2 heterocycles. The van der Waals surface area contributed by atoms with Crippen LogP contribution in [0.15, 0.2) is 40.8 Å². The largest absolute Gasteiger partial charge is 0.459 e. The maximum Gasteiger partial charge on any atom is 0.236 e. The molecule has 1 amide bonds. The average molecular weight is 362 g/mol. The third kappa shape index (κ3) is 4.84. The number of piperazine rings is 1. The molecule has 0 aliphatic carbocycles. The minimum Gasteiger partial charge on any atom is -0.459 e. The van der Waals surface area contributed by atoms with Crippen LogP contribution in [-0.2, 0) is 11.3 Å². The smallest absolute Gasteiger partial charge is 0.236 e. The van der Waals surface area contributed by atoms with Gasteiger partial charge in [-0.3, -0.25) is 9.69 Å². The lowest BCUT2D eigenvalue weighted by Crippen LogP contribution is -2.48. The van der Waals surface area contributed by atoms with Crippen LogP contribution in [0.25, 0.3) is 11.3 Å². The molecule has 1 aliphatic heterocycles. The highest BCUT2D eigenvalue weighted by atomic mass is 35.5. The van der Waals surface area contributed by atoms with Gasteiger partial charge >= 0.3 is 0 Å². The standard InChI is InChI=1S/C19H24ClN3O2/c1-21-9-11-23(12-10-21)14-19(24)22(2)13-17-7-8-18(25-17)15-3-5-16(20)6-4-15/h3-8H,9-14H2,1-2H3. The molecule has 0 bridgehead atoms. The number of halogens is 1. The van der Waals surface area contributed by atoms with E-state index >= 15 is 0 Å². The fraction of sp³-hybridized carbons (Fsp3) is 0.421. The highest BCUT2D eigenvalue weighted by molar-refractivity contribution is 6.30. The SMILES string of the molecule is CN1CCN(CC(=O)N(C)Cc2ccc(-c3ccc(Cl)cc3)o2)CC1. The third-order valence-electron chi connectivity index (χ3n) is 4.56. The number of carbonyl (C=O) groups excluding carboxylic acids is 1. The van der Waals surface area contributed by atoms with E-state index < -0.39 is 0 Å². The predicted octanol–water partition coefficient (Wildman–Crippen LogP) is 2.81. The van der Waals surface area contributed by atoms with Crippen molar-refractivity contribution in [3.63, 3.8) is 0 Å². The zero-order chi connectivity index (χ0) is 17.8. The Kier molecular flexibility index (Phi) is 5.78. The van der Waals surface area contributed by atoms with E-state index in [1.165, 1.54) is 0 Å². The molecule has 6 heteroatoms. The number of furan rings is 1. The van der Waals surface area contributed by atoms with E-state index in [1.807, 2.05) is 43.4 Å². The van der Waals surface area contributed by atoms with Crippen LogP contribution in [0, 0.1) is 0 Å². The van der Waals surface area contributed by atoms with Gasteiger partial charge in [-0.1, -0.05) is 11.6 Å². The van der Waals surface area contributed by atoms with E-state index in [0.29, 0.717) is 18.1 Å². The molecule has 0 spiro atoms. The highest BCUT2D eigenvalue weighted by Gasteiger charge is 2.19. The maximum absolute atomic E-state index is 12.4. The molecule has 25 heavy (non-hydrogen) atoms. The van der Waals surface area contributed by atoms with Crippen molar-refractivity contribution in [2.24, 2.45) is 0 Å². The first kappa shape index (κ1) is 18.0. The lowest BCUT2D eigenvalue weighted by molar-refractivity contribution is -0.132. The number of carbonyl (C=O) groups is 1. The van der Waals surface area contributed by atoms with Gasteiger partial charge in [0.05, 0.1) is 13.1 Å². The van der Waals surface area contributed by atoms with Crippen molar-refractivity contribution < 1.29 is 9.21 Å². The van der Waals surface area contributed by atoms with Crippen molar-refractivity contribution in [1.29, 1.82) is 0 Å². The zero-order valence-electron chi connectivity index (χ0n) is 14.7. The minimum atomic E-state index is 0.119. The van der Waals surface area contributed by atoms with E-state index in [9.17, 15) is 4.79 Å². The maximum atomic E-state index is 12.4. The molecular formula is C19H24ClN3O2. The minimum absolute atomic E-state index is 0.119. The Labute approximate surface area is 153 Å². The summed E-state index contributed by atoms with van der Waals surface area (Å²) in [5.41, 5.74) is 0.974. The van der Waals surface area contributed by atoms with Crippen LogP contribution in [0.4, 0.5) is 0 Å². The van der Waals surface area contributed by atoms with Crippen molar-refractivity contribution in [1.82, 2.24) is 14.7 Å². The Morgan fingerprint density at radius 3 is 2.48 bits per heavy atom. The van der Waals surface area contributed by atoms with Gasteiger partial charge in [0.1, 0.15) is 11.5 Å². The van der Waals surface area contributed by atoms with Gasteiger partial charge in [-0.25, -0.2) is 0 Å². The second-order valence-electron chi connectivity index (χ2n) is 6.60. The molecule has 0 atom stereocenters. The summed E-state index contributed by atoms with van der Waals surface area (Å²) in [6.45, 7) is 4.85. The summed E-state index contributed by atoms with van der Waals surface area (Å²) in [7, 11) is 3.93. The Hall–Kier alpha value is -1.82. The Balaban J connectivity index is 1.55. The molecule has 1 saturated heterocycles. The molecule has 1 aromatic carbocycles. The predicted molar refractivity (Wildman–Crippen MR) is 99.6 cm³/mol. The van der Waals surface area contributed by atoms with Gasteiger partial charge < -0.3 is 14.2 Å². The molecule has 5 nitrogen and oxygen atoms in total. The van der Waals surface area contributed by atoms with Crippen molar-refractivity contribution >= 4 is 17.5 Å². The second-order valence-corrected chi connectivity index (χ2v) is 7.04. The third-order valence-corrected chi connectivity index (χ3v) is 4.82. The molecule has 3 rings (SSSR count). The highest BCUT2D eigenvalue weighted by Crippen LogP contribution is 2.24. The van der Waals surface area contributed by atoms with Crippen LogP contribution in [0.3, 0.4) is 0 Å². The molecule has 0 radical (unpaired) electrons. The summed E-state index contributed by atoms with van der Waals surface area (Å²) in [5.74, 6) is 1.68. The van der Waals surface area contributed by atoms with Gasteiger partial charge in [0, 0.05) is 43.8 Å². The molecule has 1 aromatic heterocycles. The molecule has 0 unspecified atom stereocenters.